The monoisotopic (exact) mass is 373 g/mol. The van der Waals surface area contributed by atoms with Gasteiger partial charge in [0.1, 0.15) is 6.10 Å². The maximum atomic E-state index is 12.6. The van der Waals surface area contributed by atoms with Gasteiger partial charge in [0.2, 0.25) is 15.9 Å². The van der Waals surface area contributed by atoms with Gasteiger partial charge in [-0.2, -0.15) is 9.57 Å². The topological polar surface area (TPSA) is 110 Å². The Kier molecular flexibility index (Phi) is 4.88. The summed E-state index contributed by atoms with van der Waals surface area (Å²) in [5.74, 6) is -0.244. The lowest BCUT2D eigenvalue weighted by Gasteiger charge is -2.37. The highest BCUT2D eigenvalue weighted by Crippen LogP contribution is 2.24. The minimum atomic E-state index is -3.66. The van der Waals surface area contributed by atoms with Crippen LogP contribution in [0.5, 0.6) is 5.88 Å². The normalized spacial score (nSPS) is 14.9. The van der Waals surface area contributed by atoms with Crippen molar-refractivity contribution in [3.8, 4) is 11.9 Å². The molecule has 0 saturated carbocycles. The average molecular weight is 373 g/mol. The van der Waals surface area contributed by atoms with Crippen LogP contribution in [0.2, 0.25) is 0 Å². The molecule has 0 amide bonds. The number of rotatable bonds is 5. The molecule has 1 fully saturated rings. The van der Waals surface area contributed by atoms with E-state index >= 15 is 0 Å². The molecule has 9 heteroatoms. The van der Waals surface area contributed by atoms with E-state index in [0.29, 0.717) is 5.56 Å². The van der Waals surface area contributed by atoms with Crippen molar-refractivity contribution >= 4 is 16.0 Å². The second kappa shape index (κ2) is 7.11. The van der Waals surface area contributed by atoms with Crippen LogP contribution in [0.1, 0.15) is 15.9 Å². The number of carbonyl (C=O) groups excluding carboxylic acids is 1. The van der Waals surface area contributed by atoms with Crippen LogP contribution in [0.25, 0.3) is 0 Å². The summed E-state index contributed by atoms with van der Waals surface area (Å²) in [6.07, 6.45) is 1.13. The van der Waals surface area contributed by atoms with Gasteiger partial charge in [-0.15, -0.1) is 0 Å². The molecule has 134 valence electrons. The SMILES string of the molecule is COC(=O)c1ccc(S(=O)(=O)N2CC(Oc3cc(C#N)ccn3)C2)cc1. The minimum Gasteiger partial charge on any atom is -0.471 e. The molecule has 0 N–H and O–H groups in total. The van der Waals surface area contributed by atoms with Crippen molar-refractivity contribution in [1.29, 1.82) is 5.26 Å². The van der Waals surface area contributed by atoms with E-state index in [9.17, 15) is 13.2 Å². The number of nitrogens with zero attached hydrogens (tertiary/aromatic N) is 3. The predicted octanol–water partition coefficient (Wildman–Crippen LogP) is 1.19. The first-order valence-electron chi connectivity index (χ1n) is 7.65. The molecule has 2 aromatic rings. The Hall–Kier alpha value is -2.96. The molecule has 0 radical (unpaired) electrons. The first kappa shape index (κ1) is 17.8. The number of ether oxygens (including phenoxy) is 2. The van der Waals surface area contributed by atoms with Gasteiger partial charge in [0.25, 0.3) is 0 Å². The van der Waals surface area contributed by atoms with E-state index in [1.165, 1.54) is 47.9 Å². The molecule has 3 rings (SSSR count). The largest absolute Gasteiger partial charge is 0.471 e. The van der Waals surface area contributed by atoms with E-state index in [2.05, 4.69) is 9.72 Å². The molecule has 8 nitrogen and oxygen atoms in total. The molecule has 0 aliphatic carbocycles. The third kappa shape index (κ3) is 3.51. The molecule has 0 spiro atoms. The fourth-order valence-electron chi connectivity index (χ4n) is 2.42. The van der Waals surface area contributed by atoms with E-state index in [1.54, 1.807) is 6.07 Å². The lowest BCUT2D eigenvalue weighted by molar-refractivity contribution is 0.0600. The smallest absolute Gasteiger partial charge is 0.337 e. The molecular formula is C17H15N3O5S. The summed E-state index contributed by atoms with van der Waals surface area (Å²) in [5.41, 5.74) is 0.698. The summed E-state index contributed by atoms with van der Waals surface area (Å²) in [4.78, 5) is 15.5. The number of hydrogen-bond acceptors (Lipinski definition) is 7. The van der Waals surface area contributed by atoms with Gasteiger partial charge in [0.15, 0.2) is 0 Å². The summed E-state index contributed by atoms with van der Waals surface area (Å²) < 4.78 is 36.6. The Balaban J connectivity index is 1.64. The number of nitriles is 1. The van der Waals surface area contributed by atoms with E-state index < -0.39 is 16.0 Å². The summed E-state index contributed by atoms with van der Waals surface area (Å²) in [5, 5.41) is 8.86. The summed E-state index contributed by atoms with van der Waals surface area (Å²) >= 11 is 0. The molecule has 1 aliphatic heterocycles. The Morgan fingerprint density at radius 3 is 2.58 bits per heavy atom. The Bertz CT molecular complexity index is 961. The maximum absolute atomic E-state index is 12.6. The third-order valence-corrected chi connectivity index (χ3v) is 5.72. The number of aromatic nitrogens is 1. The van der Waals surface area contributed by atoms with E-state index in [0.717, 1.165) is 0 Å². The van der Waals surface area contributed by atoms with Gasteiger partial charge in [0, 0.05) is 12.3 Å². The average Bonchev–Trinajstić information content (AvgIpc) is 2.63. The van der Waals surface area contributed by atoms with Crippen LogP contribution in [-0.4, -0.2) is 50.0 Å². The van der Waals surface area contributed by atoms with Crippen molar-refractivity contribution in [3.05, 3.63) is 53.7 Å². The molecule has 0 atom stereocenters. The van der Waals surface area contributed by atoms with E-state index in [-0.39, 0.29) is 35.5 Å². The van der Waals surface area contributed by atoms with Crippen LogP contribution in [0, 0.1) is 11.3 Å². The lowest BCUT2D eigenvalue weighted by atomic mass is 10.2. The standard InChI is InChI=1S/C17H15N3O5S/c1-24-17(21)13-2-4-15(5-3-13)26(22,23)20-10-14(11-20)25-16-8-12(9-18)6-7-19-16/h2-8,14H,10-11H2,1H3. The first-order chi connectivity index (χ1) is 12.4. The second-order valence-electron chi connectivity index (χ2n) is 5.57. The summed E-state index contributed by atoms with van der Waals surface area (Å²) in [7, 11) is -2.40. The van der Waals surface area contributed by atoms with Crippen molar-refractivity contribution < 1.29 is 22.7 Å². The van der Waals surface area contributed by atoms with Crippen LogP contribution in [0.4, 0.5) is 0 Å². The number of sulfonamides is 1. The van der Waals surface area contributed by atoms with Crippen LogP contribution < -0.4 is 4.74 Å². The zero-order valence-corrected chi connectivity index (χ0v) is 14.6. The molecule has 0 bridgehead atoms. The first-order valence-corrected chi connectivity index (χ1v) is 9.09. The van der Waals surface area contributed by atoms with Gasteiger partial charge in [-0.3, -0.25) is 0 Å². The van der Waals surface area contributed by atoms with Crippen LogP contribution in [-0.2, 0) is 14.8 Å². The zero-order valence-electron chi connectivity index (χ0n) is 13.8. The highest BCUT2D eigenvalue weighted by Gasteiger charge is 2.38. The van der Waals surface area contributed by atoms with Gasteiger partial charge < -0.3 is 9.47 Å². The molecular weight excluding hydrogens is 358 g/mol. The van der Waals surface area contributed by atoms with Crippen molar-refractivity contribution in [3.63, 3.8) is 0 Å². The van der Waals surface area contributed by atoms with Gasteiger partial charge in [-0.1, -0.05) is 0 Å². The Labute approximate surface area is 150 Å². The van der Waals surface area contributed by atoms with Gasteiger partial charge in [-0.25, -0.2) is 18.2 Å². The van der Waals surface area contributed by atoms with Crippen molar-refractivity contribution in [2.24, 2.45) is 0 Å². The Morgan fingerprint density at radius 2 is 1.96 bits per heavy atom. The molecule has 2 heterocycles. The maximum Gasteiger partial charge on any atom is 0.337 e. The van der Waals surface area contributed by atoms with Crippen molar-refractivity contribution in [1.82, 2.24) is 9.29 Å². The molecule has 1 aliphatic rings. The van der Waals surface area contributed by atoms with E-state index in [1.807, 2.05) is 6.07 Å². The van der Waals surface area contributed by atoms with E-state index in [4.69, 9.17) is 10.00 Å². The third-order valence-electron chi connectivity index (χ3n) is 3.88. The number of methoxy groups -OCH3 is 1. The lowest BCUT2D eigenvalue weighted by Crippen LogP contribution is -2.56. The summed E-state index contributed by atoms with van der Waals surface area (Å²) in [6.45, 7) is 0.360. The predicted molar refractivity (Wildman–Crippen MR) is 89.9 cm³/mol. The number of esters is 1. The van der Waals surface area contributed by atoms with Gasteiger partial charge in [-0.05, 0) is 30.3 Å². The molecule has 1 aromatic carbocycles. The molecule has 0 unspecified atom stereocenters. The van der Waals surface area contributed by atoms with Gasteiger partial charge in [0.05, 0.1) is 42.3 Å². The molecule has 1 saturated heterocycles. The molecule has 1 aromatic heterocycles. The fourth-order valence-corrected chi connectivity index (χ4v) is 3.92. The van der Waals surface area contributed by atoms with Crippen LogP contribution >= 0.6 is 0 Å². The highest BCUT2D eigenvalue weighted by molar-refractivity contribution is 7.89. The number of hydrogen-bond donors (Lipinski definition) is 0. The summed E-state index contributed by atoms with van der Waals surface area (Å²) in [6, 6.07) is 10.6. The molecule has 26 heavy (non-hydrogen) atoms. The number of benzene rings is 1. The highest BCUT2D eigenvalue weighted by atomic mass is 32.2. The van der Waals surface area contributed by atoms with Crippen LogP contribution in [0.3, 0.4) is 0 Å². The number of pyridine rings is 1. The quantitative estimate of drug-likeness (QED) is 0.724. The van der Waals surface area contributed by atoms with Gasteiger partial charge >= 0.3 is 5.97 Å². The minimum absolute atomic E-state index is 0.0909. The fraction of sp³-hybridized carbons (Fsp3) is 0.235. The second-order valence-corrected chi connectivity index (χ2v) is 7.51. The number of carbonyl (C=O) groups is 1. The van der Waals surface area contributed by atoms with Crippen LogP contribution in [0.15, 0.2) is 47.5 Å². The van der Waals surface area contributed by atoms with Crippen molar-refractivity contribution in [2.75, 3.05) is 20.2 Å². The van der Waals surface area contributed by atoms with Crippen molar-refractivity contribution in [2.45, 2.75) is 11.0 Å². The zero-order chi connectivity index (χ0) is 18.7. The Morgan fingerprint density at radius 1 is 1.27 bits per heavy atom.